The lowest BCUT2D eigenvalue weighted by Gasteiger charge is -2.19. The maximum Gasteiger partial charge on any atom is 0.213 e. The molecule has 0 unspecified atom stereocenters. The third-order valence-corrected chi connectivity index (χ3v) is 5.16. The molecule has 0 saturated carbocycles. The third kappa shape index (κ3) is 3.07. The zero-order valence-electron chi connectivity index (χ0n) is 16.3. The number of pyridine rings is 1. The van der Waals surface area contributed by atoms with Crippen LogP contribution in [0.15, 0.2) is 30.5 Å². The fourth-order valence-corrected chi connectivity index (χ4v) is 3.82. The molecule has 0 aliphatic carbocycles. The fourth-order valence-electron chi connectivity index (χ4n) is 3.82. The van der Waals surface area contributed by atoms with Crippen LogP contribution in [0.3, 0.4) is 0 Å². The zero-order chi connectivity index (χ0) is 19.1. The highest BCUT2D eigenvalue weighted by Crippen LogP contribution is 2.42. The Kier molecular flexibility index (Phi) is 5.74. The summed E-state index contributed by atoms with van der Waals surface area (Å²) in [4.78, 5) is 0. The van der Waals surface area contributed by atoms with Crippen LogP contribution in [0.2, 0.25) is 0 Å². The van der Waals surface area contributed by atoms with E-state index in [0.717, 1.165) is 40.7 Å². The van der Waals surface area contributed by atoms with Gasteiger partial charge in [-0.25, -0.2) is 0 Å². The van der Waals surface area contributed by atoms with Crippen molar-refractivity contribution in [2.24, 2.45) is 0 Å². The van der Waals surface area contributed by atoms with Gasteiger partial charge in [0.25, 0.3) is 0 Å². The van der Waals surface area contributed by atoms with Crippen LogP contribution in [-0.2, 0) is 13.0 Å². The summed E-state index contributed by atoms with van der Waals surface area (Å²) in [5, 5.41) is 1.86. The Morgan fingerprint density at radius 2 is 1.57 bits per heavy atom. The standard InChI is InChI=1S/C21H23N2O4.HI/c1-24-18-7-12-5-6-23-11-15-14(8-17(23)13(12)9-19(18)25-2)16(22)10-20(26-3)21(15)27-4;/h7-11H,5-6,22H2,1-4H3;1H/q+1;/p-1/i11+2;. The highest BCUT2D eigenvalue weighted by Gasteiger charge is 2.27. The molecule has 0 amide bonds. The number of nitrogen functional groups attached to an aromatic ring is 1. The molecule has 2 N–H and O–H groups in total. The van der Waals surface area contributed by atoms with E-state index >= 15 is 0 Å². The van der Waals surface area contributed by atoms with Crippen molar-refractivity contribution >= 4 is 16.5 Å². The summed E-state index contributed by atoms with van der Waals surface area (Å²) in [6.07, 6.45) is 2.99. The Hall–Kier alpha value is -2.42. The van der Waals surface area contributed by atoms with Gasteiger partial charge in [-0.2, -0.15) is 4.57 Å². The molecule has 28 heavy (non-hydrogen) atoms. The van der Waals surface area contributed by atoms with E-state index in [2.05, 4.69) is 22.9 Å². The van der Waals surface area contributed by atoms with Crippen LogP contribution in [0, 0.1) is 0 Å². The molecular weight excluding hydrogens is 473 g/mol. The van der Waals surface area contributed by atoms with Gasteiger partial charge in [-0.15, -0.1) is 0 Å². The summed E-state index contributed by atoms with van der Waals surface area (Å²) in [5.41, 5.74) is 10.4. The van der Waals surface area contributed by atoms with Crippen molar-refractivity contribution in [1.82, 2.24) is 0 Å². The van der Waals surface area contributed by atoms with Gasteiger partial charge in [0.2, 0.25) is 5.69 Å². The maximum atomic E-state index is 6.32. The molecule has 0 atom stereocenters. The molecule has 148 valence electrons. The lowest BCUT2D eigenvalue weighted by atomic mass is 9.96. The van der Waals surface area contributed by atoms with Crippen molar-refractivity contribution in [1.29, 1.82) is 0 Å². The topological polar surface area (TPSA) is 66.8 Å². The summed E-state index contributed by atoms with van der Waals surface area (Å²) in [5.74, 6) is 2.78. The lowest BCUT2D eigenvalue weighted by Crippen LogP contribution is -3.00. The van der Waals surface area contributed by atoms with Crippen molar-refractivity contribution in [3.8, 4) is 34.3 Å². The van der Waals surface area contributed by atoms with Gasteiger partial charge in [-0.1, -0.05) is 0 Å². The Morgan fingerprint density at radius 1 is 0.893 bits per heavy atom. The number of rotatable bonds is 4. The summed E-state index contributed by atoms with van der Waals surface area (Å²) in [6, 6.07) is 7.99. The zero-order valence-corrected chi connectivity index (χ0v) is 18.5. The number of hydrogen-bond acceptors (Lipinski definition) is 5. The van der Waals surface area contributed by atoms with Crippen LogP contribution in [0.5, 0.6) is 23.0 Å². The highest BCUT2D eigenvalue weighted by molar-refractivity contribution is 6.00. The van der Waals surface area contributed by atoms with Crippen LogP contribution in [0.25, 0.3) is 22.0 Å². The van der Waals surface area contributed by atoms with Gasteiger partial charge >= 0.3 is 0 Å². The summed E-state index contributed by atoms with van der Waals surface area (Å²) < 4.78 is 24.2. The fraction of sp³-hybridized carbons (Fsp3) is 0.286. The molecule has 1 aliphatic heterocycles. The van der Waals surface area contributed by atoms with Crippen LogP contribution in [0.4, 0.5) is 5.69 Å². The van der Waals surface area contributed by atoms with E-state index in [-0.39, 0.29) is 24.0 Å². The Morgan fingerprint density at radius 3 is 2.21 bits per heavy atom. The van der Waals surface area contributed by atoms with Gasteiger partial charge in [0.15, 0.2) is 35.7 Å². The highest BCUT2D eigenvalue weighted by atomic mass is 127. The molecule has 6 nitrogen and oxygen atoms in total. The molecule has 0 fully saturated rings. The molecule has 3 aromatic rings. The molecule has 0 radical (unpaired) electrons. The second-order valence-electron chi connectivity index (χ2n) is 6.50. The van der Waals surface area contributed by atoms with E-state index in [1.54, 1.807) is 34.5 Å². The molecule has 1 aromatic heterocycles. The minimum atomic E-state index is 0. The number of ether oxygens (including phenoxy) is 4. The van der Waals surface area contributed by atoms with Gasteiger partial charge < -0.3 is 48.7 Å². The van der Waals surface area contributed by atoms with Crippen LogP contribution >= 0.6 is 0 Å². The summed E-state index contributed by atoms with van der Waals surface area (Å²) >= 11 is 0. The third-order valence-electron chi connectivity index (χ3n) is 5.16. The van der Waals surface area contributed by atoms with Crippen molar-refractivity contribution in [3.05, 3.63) is 36.0 Å². The predicted octanol–water partition coefficient (Wildman–Crippen LogP) is -0.0290. The van der Waals surface area contributed by atoms with Gasteiger partial charge in [0.05, 0.1) is 39.4 Å². The quantitative estimate of drug-likeness (QED) is 0.313. The number of aromatic nitrogens is 1. The largest absolute Gasteiger partial charge is 1.00 e. The number of methoxy groups -OCH3 is 4. The smallest absolute Gasteiger partial charge is 0.213 e. The first-order chi connectivity index (χ1) is 13.1. The van der Waals surface area contributed by atoms with Crippen molar-refractivity contribution in [3.63, 3.8) is 0 Å². The van der Waals surface area contributed by atoms with E-state index in [9.17, 15) is 0 Å². The molecule has 0 saturated heterocycles. The molecule has 7 heteroatoms. The molecule has 4 rings (SSSR count). The normalized spacial score (nSPS) is 11.9. The second kappa shape index (κ2) is 7.90. The minimum Gasteiger partial charge on any atom is -1.00 e. The molecule has 0 bridgehead atoms. The number of fused-ring (bicyclic) bond motifs is 4. The first-order valence-electron chi connectivity index (χ1n) is 8.74. The first-order valence-corrected chi connectivity index (χ1v) is 8.74. The Labute approximate surface area is 181 Å². The molecule has 2 heterocycles. The van der Waals surface area contributed by atoms with Crippen LogP contribution in [0.1, 0.15) is 5.56 Å². The van der Waals surface area contributed by atoms with E-state index in [1.807, 2.05) is 6.07 Å². The second-order valence-corrected chi connectivity index (χ2v) is 6.50. The number of hydrogen-bond donors (Lipinski definition) is 1. The van der Waals surface area contributed by atoms with Gasteiger partial charge in [-0.05, 0) is 17.7 Å². The molecule has 1 aliphatic rings. The van der Waals surface area contributed by atoms with Crippen LogP contribution < -0.4 is 53.2 Å². The van der Waals surface area contributed by atoms with Crippen LogP contribution in [-0.4, -0.2) is 28.4 Å². The van der Waals surface area contributed by atoms with Crippen molar-refractivity contribution in [2.75, 3.05) is 34.2 Å². The predicted molar refractivity (Wildman–Crippen MR) is 104 cm³/mol. The number of nitrogens with two attached hydrogens (primary N) is 1. The average Bonchev–Trinajstić information content (AvgIpc) is 2.71. The van der Waals surface area contributed by atoms with Crippen molar-refractivity contribution in [2.45, 2.75) is 13.0 Å². The number of benzene rings is 2. The maximum absolute atomic E-state index is 6.32. The van der Waals surface area contributed by atoms with Crippen molar-refractivity contribution < 1.29 is 47.5 Å². The minimum absolute atomic E-state index is 0. The molecular formula is C21H23IN2O4. The van der Waals surface area contributed by atoms with E-state index < -0.39 is 0 Å². The lowest BCUT2D eigenvalue weighted by molar-refractivity contribution is -0.686. The first kappa shape index (κ1) is 20.3. The monoisotopic (exact) mass is 496 g/mol. The summed E-state index contributed by atoms with van der Waals surface area (Å²) in [7, 11) is 6.56. The van der Waals surface area contributed by atoms with Gasteiger partial charge in [0.1, 0.15) is 0 Å². The van der Waals surface area contributed by atoms with E-state index in [4.69, 9.17) is 24.7 Å². The molecule has 2 aromatic carbocycles. The Bertz CT molecular complexity index is 1050. The van der Waals surface area contributed by atoms with Gasteiger partial charge in [-0.3, -0.25) is 0 Å². The van der Waals surface area contributed by atoms with E-state index in [0.29, 0.717) is 22.9 Å². The average molecular weight is 496 g/mol. The number of nitrogens with zero attached hydrogens (tertiary/aromatic N) is 1. The SMILES string of the molecule is COc1cc2c(cc1OC)-c1cc3c(N)cc(OC)c(OC)c3[14cH][n+]1CC2.[I-]. The number of aryl methyl sites for hydroxylation is 2. The Balaban J connectivity index is 0.00000225. The number of anilines is 1. The summed E-state index contributed by atoms with van der Waals surface area (Å²) in [6.45, 7) is 0.855. The van der Waals surface area contributed by atoms with Gasteiger partial charge in [0, 0.05) is 29.6 Å². The molecule has 0 spiro atoms. The van der Waals surface area contributed by atoms with E-state index in [1.165, 1.54) is 5.56 Å². The number of halogens is 1.